The van der Waals surface area contributed by atoms with E-state index in [0.717, 1.165) is 0 Å². The normalized spacial score (nSPS) is 18.2. The lowest BCUT2D eigenvalue weighted by atomic mass is 10.1. The first kappa shape index (κ1) is 20.5. The Kier molecular flexibility index (Phi) is 6.33. The van der Waals surface area contributed by atoms with Gasteiger partial charge in [0.1, 0.15) is 17.2 Å². The number of rotatable bonds is 7. The molecule has 30 heavy (non-hydrogen) atoms. The van der Waals surface area contributed by atoms with Gasteiger partial charge < -0.3 is 10.1 Å². The van der Waals surface area contributed by atoms with Crippen LogP contribution in [0.5, 0.6) is 0 Å². The van der Waals surface area contributed by atoms with Crippen LogP contribution in [0.1, 0.15) is 6.92 Å². The van der Waals surface area contributed by atoms with Gasteiger partial charge in [-0.25, -0.2) is 0 Å². The molecular formula is C19H18N6O5. The Bertz CT molecular complexity index is 1020. The van der Waals surface area contributed by atoms with E-state index < -0.39 is 22.7 Å². The highest BCUT2D eigenvalue weighted by Gasteiger charge is 2.43. The van der Waals surface area contributed by atoms with Crippen molar-refractivity contribution in [1.29, 1.82) is 0 Å². The molecule has 2 aromatic rings. The van der Waals surface area contributed by atoms with Crippen molar-refractivity contribution in [3.63, 3.8) is 0 Å². The van der Waals surface area contributed by atoms with Crippen molar-refractivity contribution in [2.24, 2.45) is 16.1 Å². The van der Waals surface area contributed by atoms with Crippen molar-refractivity contribution in [1.82, 2.24) is 5.32 Å². The molecule has 1 heterocycles. The summed E-state index contributed by atoms with van der Waals surface area (Å²) >= 11 is 0. The van der Waals surface area contributed by atoms with E-state index in [1.54, 1.807) is 37.3 Å². The van der Waals surface area contributed by atoms with Crippen LogP contribution in [-0.2, 0) is 14.3 Å². The zero-order valence-electron chi connectivity index (χ0n) is 15.9. The smallest absolute Gasteiger partial charge is 0.323 e. The molecule has 11 nitrogen and oxygen atoms in total. The number of esters is 1. The number of nitrogens with zero attached hydrogens (tertiary/aromatic N) is 3. The van der Waals surface area contributed by atoms with E-state index in [9.17, 15) is 19.7 Å². The maximum Gasteiger partial charge on any atom is 0.323 e. The number of carbonyl (C=O) groups excluding carboxylic acids is 2. The molecule has 11 heteroatoms. The zero-order valence-corrected chi connectivity index (χ0v) is 15.9. The molecule has 0 aliphatic carbocycles. The van der Waals surface area contributed by atoms with E-state index in [-0.39, 0.29) is 29.5 Å². The van der Waals surface area contributed by atoms with Crippen molar-refractivity contribution < 1.29 is 19.2 Å². The Morgan fingerprint density at radius 2 is 1.83 bits per heavy atom. The fourth-order valence-corrected chi connectivity index (χ4v) is 2.66. The number of para-hydroxylation sites is 3. The maximum absolute atomic E-state index is 12.5. The van der Waals surface area contributed by atoms with Crippen LogP contribution < -0.4 is 16.2 Å². The van der Waals surface area contributed by atoms with Crippen LogP contribution in [0.15, 0.2) is 64.8 Å². The topological polar surface area (TPSA) is 147 Å². The first-order valence-corrected chi connectivity index (χ1v) is 8.95. The quantitative estimate of drug-likeness (QED) is 0.360. The minimum absolute atomic E-state index is 0.0785. The summed E-state index contributed by atoms with van der Waals surface area (Å²) in [5.74, 6) is -2.67. The number of carbonyl (C=O) groups is 2. The molecule has 1 unspecified atom stereocenters. The monoisotopic (exact) mass is 410 g/mol. The fraction of sp³-hybridized carbons (Fsp3) is 0.158. The van der Waals surface area contributed by atoms with Crippen LogP contribution in [0.25, 0.3) is 0 Å². The van der Waals surface area contributed by atoms with Crippen molar-refractivity contribution in [2.45, 2.75) is 6.92 Å². The minimum atomic E-state index is -1.22. The maximum atomic E-state index is 12.5. The van der Waals surface area contributed by atoms with Crippen LogP contribution in [0.3, 0.4) is 0 Å². The summed E-state index contributed by atoms with van der Waals surface area (Å²) in [6.45, 7) is 1.72. The number of amidine groups is 1. The van der Waals surface area contributed by atoms with Gasteiger partial charge in [-0.05, 0) is 25.1 Å². The predicted octanol–water partition coefficient (Wildman–Crippen LogP) is 2.10. The van der Waals surface area contributed by atoms with Crippen molar-refractivity contribution >= 4 is 40.5 Å². The van der Waals surface area contributed by atoms with Gasteiger partial charge in [0.15, 0.2) is 5.92 Å². The van der Waals surface area contributed by atoms with Crippen molar-refractivity contribution in [3.05, 3.63) is 64.7 Å². The molecule has 1 aliphatic heterocycles. The third kappa shape index (κ3) is 4.58. The number of nitro groups is 1. The number of benzene rings is 2. The molecule has 0 spiro atoms. The minimum Gasteiger partial charge on any atom is -0.465 e. The molecule has 0 aromatic heterocycles. The number of anilines is 2. The van der Waals surface area contributed by atoms with E-state index in [1.807, 2.05) is 6.07 Å². The number of nitro benzene ring substituents is 1. The Morgan fingerprint density at radius 3 is 2.53 bits per heavy atom. The average molecular weight is 410 g/mol. The zero-order chi connectivity index (χ0) is 21.5. The van der Waals surface area contributed by atoms with Crippen LogP contribution in [0.4, 0.5) is 17.1 Å². The first-order valence-electron chi connectivity index (χ1n) is 8.95. The Labute approximate surface area is 171 Å². The molecule has 2 aromatic carbocycles. The van der Waals surface area contributed by atoms with Gasteiger partial charge in [-0.15, -0.1) is 0 Å². The number of hydrazone groups is 2. The highest BCUT2D eigenvalue weighted by molar-refractivity contribution is 6.55. The molecule has 3 N–H and O–H groups in total. The second kappa shape index (κ2) is 9.28. The molecular weight excluding hydrogens is 392 g/mol. The lowest BCUT2D eigenvalue weighted by Gasteiger charge is -2.10. The molecule has 0 radical (unpaired) electrons. The molecule has 0 saturated carbocycles. The van der Waals surface area contributed by atoms with Gasteiger partial charge >= 0.3 is 5.97 Å². The summed E-state index contributed by atoms with van der Waals surface area (Å²) in [4.78, 5) is 35.4. The summed E-state index contributed by atoms with van der Waals surface area (Å²) in [6, 6.07) is 14.7. The number of nitrogens with one attached hydrogen (secondary N) is 3. The summed E-state index contributed by atoms with van der Waals surface area (Å²) in [5.41, 5.74) is 5.61. The summed E-state index contributed by atoms with van der Waals surface area (Å²) < 4.78 is 5.04. The predicted molar refractivity (Wildman–Crippen MR) is 110 cm³/mol. The molecule has 1 atom stereocenters. The van der Waals surface area contributed by atoms with Crippen LogP contribution in [0, 0.1) is 16.0 Å². The molecule has 1 saturated heterocycles. The number of hydrogen-bond donors (Lipinski definition) is 3. The van der Waals surface area contributed by atoms with Crippen LogP contribution in [-0.4, -0.2) is 35.0 Å². The van der Waals surface area contributed by atoms with Gasteiger partial charge in [0.05, 0.1) is 17.2 Å². The second-order valence-electron chi connectivity index (χ2n) is 6.00. The first-order chi connectivity index (χ1) is 14.5. The largest absolute Gasteiger partial charge is 0.465 e. The summed E-state index contributed by atoms with van der Waals surface area (Å²) in [6.07, 6.45) is 0. The molecule has 1 aliphatic rings. The fourth-order valence-electron chi connectivity index (χ4n) is 2.66. The SMILES string of the molecule is CCOC(=O)C1/C(=N/Nc2ccccc2[N+](=O)[O-])NC(=O)/C1=N\Nc1ccccc1. The lowest BCUT2D eigenvalue weighted by Crippen LogP contribution is -2.31. The van der Waals surface area contributed by atoms with Gasteiger partial charge in [-0.2, -0.15) is 10.2 Å². The van der Waals surface area contributed by atoms with E-state index in [1.165, 1.54) is 18.2 Å². The van der Waals surface area contributed by atoms with E-state index in [0.29, 0.717) is 5.69 Å². The summed E-state index contributed by atoms with van der Waals surface area (Å²) in [5, 5.41) is 21.6. The van der Waals surface area contributed by atoms with Crippen LogP contribution in [0.2, 0.25) is 0 Å². The standard InChI is InChI=1S/C19H18N6O5/c1-2-30-19(27)15-16(23-21-12-8-4-3-5-9-12)18(26)20-17(15)24-22-13-10-6-7-11-14(13)25(28)29/h3-11,15,21-22H,2H2,1H3,(H,20,24,26)/b23-16-. The summed E-state index contributed by atoms with van der Waals surface area (Å²) in [7, 11) is 0. The molecule has 0 bridgehead atoms. The Hall–Kier alpha value is -4.28. The number of hydrogen-bond acceptors (Lipinski definition) is 9. The van der Waals surface area contributed by atoms with Crippen molar-refractivity contribution in [3.8, 4) is 0 Å². The van der Waals surface area contributed by atoms with Gasteiger partial charge in [-0.1, -0.05) is 30.3 Å². The number of amides is 1. The molecule has 3 rings (SSSR count). The number of ether oxygens (including phenoxy) is 1. The Morgan fingerprint density at radius 1 is 1.13 bits per heavy atom. The highest BCUT2D eigenvalue weighted by atomic mass is 16.6. The van der Waals surface area contributed by atoms with Gasteiger partial charge in [0.2, 0.25) is 0 Å². The van der Waals surface area contributed by atoms with Gasteiger partial charge in [-0.3, -0.25) is 30.6 Å². The second-order valence-corrected chi connectivity index (χ2v) is 6.00. The molecule has 1 fully saturated rings. The van der Waals surface area contributed by atoms with E-state index in [2.05, 4.69) is 26.4 Å². The third-order valence-electron chi connectivity index (χ3n) is 4.02. The van der Waals surface area contributed by atoms with Crippen molar-refractivity contribution in [2.75, 3.05) is 17.5 Å². The molecule has 1 amide bonds. The third-order valence-corrected chi connectivity index (χ3v) is 4.02. The highest BCUT2D eigenvalue weighted by Crippen LogP contribution is 2.23. The Balaban J connectivity index is 1.90. The average Bonchev–Trinajstić information content (AvgIpc) is 3.07. The van der Waals surface area contributed by atoms with E-state index >= 15 is 0 Å². The van der Waals surface area contributed by atoms with Gasteiger partial charge in [0.25, 0.3) is 11.6 Å². The van der Waals surface area contributed by atoms with E-state index in [4.69, 9.17) is 4.74 Å². The lowest BCUT2D eigenvalue weighted by molar-refractivity contribution is -0.384. The van der Waals surface area contributed by atoms with Gasteiger partial charge in [0, 0.05) is 6.07 Å². The molecule has 154 valence electrons. The van der Waals surface area contributed by atoms with Crippen LogP contribution >= 0.6 is 0 Å².